The molecule has 8 heteroatoms. The van der Waals surface area contributed by atoms with E-state index < -0.39 is 6.10 Å². The maximum Gasteiger partial charge on any atom is 0.320 e. The van der Waals surface area contributed by atoms with E-state index in [2.05, 4.69) is 27.2 Å². The van der Waals surface area contributed by atoms with Crippen LogP contribution >= 0.6 is 0 Å². The summed E-state index contributed by atoms with van der Waals surface area (Å²) in [6, 6.07) is 10.3. The number of nitrogens with zero attached hydrogens (tertiary/aromatic N) is 4. The molecule has 0 radical (unpaired) electrons. The maximum absolute atomic E-state index is 10.3. The van der Waals surface area contributed by atoms with Gasteiger partial charge in [0.25, 0.3) is 0 Å². The summed E-state index contributed by atoms with van der Waals surface area (Å²) in [6.45, 7) is 5.44. The van der Waals surface area contributed by atoms with E-state index in [0.29, 0.717) is 36.0 Å². The highest BCUT2D eigenvalue weighted by molar-refractivity contribution is 5.83. The van der Waals surface area contributed by atoms with E-state index in [1.54, 1.807) is 6.33 Å². The molecular formula is C25H35N5O3. The summed E-state index contributed by atoms with van der Waals surface area (Å²) >= 11 is 0. The lowest BCUT2D eigenvalue weighted by atomic mass is 10.1. The summed E-state index contributed by atoms with van der Waals surface area (Å²) in [6.07, 6.45) is 8.02. The zero-order chi connectivity index (χ0) is 23.0. The summed E-state index contributed by atoms with van der Waals surface area (Å²) in [4.78, 5) is 13.9. The van der Waals surface area contributed by atoms with E-state index in [4.69, 9.17) is 9.47 Å². The monoisotopic (exact) mass is 453 g/mol. The molecular weight excluding hydrogens is 418 g/mol. The number of anilines is 1. The van der Waals surface area contributed by atoms with Crippen LogP contribution in [0.15, 0.2) is 36.7 Å². The zero-order valence-electron chi connectivity index (χ0n) is 19.6. The van der Waals surface area contributed by atoms with Crippen molar-refractivity contribution < 1.29 is 14.6 Å². The Kier molecular flexibility index (Phi) is 8.12. The molecule has 4 rings (SSSR count). The summed E-state index contributed by atoms with van der Waals surface area (Å²) < 4.78 is 13.9. The van der Waals surface area contributed by atoms with Crippen LogP contribution in [0, 0.1) is 0 Å². The number of aromatic nitrogens is 4. The van der Waals surface area contributed by atoms with Crippen molar-refractivity contribution in [3.8, 4) is 6.01 Å². The third-order valence-corrected chi connectivity index (χ3v) is 6.10. The van der Waals surface area contributed by atoms with Crippen LogP contribution < -0.4 is 10.1 Å². The first-order chi connectivity index (χ1) is 16.2. The molecule has 3 aromatic rings. The fraction of sp³-hybridized carbons (Fsp3) is 0.560. The lowest BCUT2D eigenvalue weighted by Gasteiger charge is -2.15. The van der Waals surface area contributed by atoms with E-state index in [1.807, 2.05) is 41.8 Å². The highest BCUT2D eigenvalue weighted by atomic mass is 16.5. The minimum absolute atomic E-state index is 0.177. The number of unbranched alkanes of at least 4 members (excludes halogenated alkanes) is 4. The normalized spacial score (nSPS) is 20.4. The van der Waals surface area contributed by atoms with Crippen LogP contribution in [-0.4, -0.2) is 43.4 Å². The summed E-state index contributed by atoms with van der Waals surface area (Å²) in [5.41, 5.74) is 2.39. The van der Waals surface area contributed by atoms with Crippen LogP contribution in [0.4, 0.5) is 5.82 Å². The molecule has 0 saturated carbocycles. The second kappa shape index (κ2) is 11.4. The molecule has 178 valence electrons. The van der Waals surface area contributed by atoms with E-state index in [9.17, 15) is 5.11 Å². The molecule has 1 aliphatic rings. The molecule has 3 atom stereocenters. The standard InChI is InChI=1S/C25H35N5O3/c1-3-5-6-7-11-14-26-23-22-24(29-25(28-23)32-16-18-12-9-8-10-13-18)30(17-27-22)21-15-19(31)20(4-2)33-21/h8-10,12-13,17,19-21,31H,3-7,11,14-16H2,1-2H3,(H,26,28,29)/t19?,20-,21-/m1/s1. The number of fused-ring (bicyclic) bond motifs is 1. The van der Waals surface area contributed by atoms with Gasteiger partial charge in [-0.25, -0.2) is 4.98 Å². The molecule has 3 heterocycles. The molecule has 1 fully saturated rings. The highest BCUT2D eigenvalue weighted by Gasteiger charge is 2.35. The Hall–Kier alpha value is -2.71. The molecule has 1 unspecified atom stereocenters. The first-order valence-electron chi connectivity index (χ1n) is 12.2. The van der Waals surface area contributed by atoms with Crippen molar-refractivity contribution in [3.05, 3.63) is 42.2 Å². The van der Waals surface area contributed by atoms with Crippen molar-refractivity contribution in [1.29, 1.82) is 0 Å². The fourth-order valence-electron chi connectivity index (χ4n) is 4.21. The molecule has 0 bridgehead atoms. The van der Waals surface area contributed by atoms with Crippen LogP contribution in [0.3, 0.4) is 0 Å². The van der Waals surface area contributed by atoms with Crippen LogP contribution in [-0.2, 0) is 11.3 Å². The second-order valence-electron chi connectivity index (χ2n) is 8.63. The zero-order valence-corrected chi connectivity index (χ0v) is 19.6. The number of imidazole rings is 1. The van der Waals surface area contributed by atoms with Gasteiger partial charge in [0.15, 0.2) is 17.0 Å². The number of rotatable bonds is 12. The van der Waals surface area contributed by atoms with E-state index in [-0.39, 0.29) is 12.3 Å². The van der Waals surface area contributed by atoms with E-state index in [0.717, 1.165) is 24.9 Å². The molecule has 2 aromatic heterocycles. The first kappa shape index (κ1) is 23.4. The Morgan fingerprint density at radius 1 is 1.12 bits per heavy atom. The van der Waals surface area contributed by atoms with Crippen molar-refractivity contribution in [3.63, 3.8) is 0 Å². The van der Waals surface area contributed by atoms with Crippen LogP contribution in [0.5, 0.6) is 6.01 Å². The number of benzene rings is 1. The molecule has 0 aliphatic carbocycles. The van der Waals surface area contributed by atoms with E-state index in [1.165, 1.54) is 25.7 Å². The summed E-state index contributed by atoms with van der Waals surface area (Å²) in [5.74, 6) is 0.669. The van der Waals surface area contributed by atoms with Gasteiger partial charge in [-0.15, -0.1) is 0 Å². The lowest BCUT2D eigenvalue weighted by Crippen LogP contribution is -2.19. The third-order valence-electron chi connectivity index (χ3n) is 6.10. The molecule has 0 spiro atoms. The largest absolute Gasteiger partial charge is 0.458 e. The Morgan fingerprint density at radius 2 is 1.94 bits per heavy atom. The van der Waals surface area contributed by atoms with Crippen LogP contribution in [0.2, 0.25) is 0 Å². The Bertz CT molecular complexity index is 1010. The minimum Gasteiger partial charge on any atom is -0.458 e. The van der Waals surface area contributed by atoms with Crippen LogP contribution in [0.1, 0.15) is 70.6 Å². The van der Waals surface area contributed by atoms with Gasteiger partial charge >= 0.3 is 6.01 Å². The number of ether oxygens (including phenoxy) is 2. The van der Waals surface area contributed by atoms with E-state index >= 15 is 0 Å². The van der Waals surface area contributed by atoms with Crippen molar-refractivity contribution in [2.75, 3.05) is 11.9 Å². The molecule has 8 nitrogen and oxygen atoms in total. The topological polar surface area (TPSA) is 94.3 Å². The third kappa shape index (κ3) is 5.81. The SMILES string of the molecule is CCCCCCCNc1nc(OCc2ccccc2)nc2c1ncn2[C@H]1CC(O)[C@@H](CC)O1. The summed E-state index contributed by atoms with van der Waals surface area (Å²) in [5, 5.41) is 13.8. The number of hydrogen-bond acceptors (Lipinski definition) is 7. The molecule has 1 saturated heterocycles. The highest BCUT2D eigenvalue weighted by Crippen LogP contribution is 2.33. The average Bonchev–Trinajstić information content (AvgIpc) is 3.43. The van der Waals surface area contributed by atoms with Gasteiger partial charge in [0.2, 0.25) is 0 Å². The number of aliphatic hydroxyl groups excluding tert-OH is 1. The van der Waals surface area contributed by atoms with Gasteiger partial charge in [-0.2, -0.15) is 9.97 Å². The van der Waals surface area contributed by atoms with Gasteiger partial charge in [-0.3, -0.25) is 4.57 Å². The molecule has 2 N–H and O–H groups in total. The Morgan fingerprint density at radius 3 is 2.70 bits per heavy atom. The molecule has 33 heavy (non-hydrogen) atoms. The van der Waals surface area contributed by atoms with Gasteiger partial charge in [-0.05, 0) is 18.4 Å². The van der Waals surface area contributed by atoms with Crippen molar-refractivity contribution in [1.82, 2.24) is 19.5 Å². The van der Waals surface area contributed by atoms with Gasteiger partial charge in [0, 0.05) is 13.0 Å². The maximum atomic E-state index is 10.3. The average molecular weight is 454 g/mol. The summed E-state index contributed by atoms with van der Waals surface area (Å²) in [7, 11) is 0. The Labute approximate surface area is 195 Å². The smallest absolute Gasteiger partial charge is 0.320 e. The molecule has 1 aromatic carbocycles. The number of nitrogens with one attached hydrogen (secondary N) is 1. The van der Waals surface area contributed by atoms with Gasteiger partial charge in [-0.1, -0.05) is 69.9 Å². The minimum atomic E-state index is -0.492. The fourth-order valence-corrected chi connectivity index (χ4v) is 4.21. The lowest BCUT2D eigenvalue weighted by molar-refractivity contribution is -0.0183. The Balaban J connectivity index is 1.55. The van der Waals surface area contributed by atoms with Gasteiger partial charge in [0.1, 0.15) is 12.8 Å². The predicted octanol–water partition coefficient (Wildman–Crippen LogP) is 4.85. The van der Waals surface area contributed by atoms with Gasteiger partial charge < -0.3 is 19.9 Å². The number of hydrogen-bond donors (Lipinski definition) is 2. The van der Waals surface area contributed by atoms with Gasteiger partial charge in [0.05, 0.1) is 18.5 Å². The second-order valence-corrected chi connectivity index (χ2v) is 8.63. The first-order valence-corrected chi connectivity index (χ1v) is 12.2. The van der Waals surface area contributed by atoms with Crippen molar-refractivity contribution in [2.45, 2.75) is 83.8 Å². The molecule has 0 amide bonds. The van der Waals surface area contributed by atoms with Crippen LogP contribution in [0.25, 0.3) is 11.2 Å². The molecule has 1 aliphatic heterocycles. The quantitative estimate of drug-likeness (QED) is 0.379. The van der Waals surface area contributed by atoms with Crippen molar-refractivity contribution >= 4 is 17.0 Å². The predicted molar refractivity (Wildman–Crippen MR) is 128 cm³/mol. The van der Waals surface area contributed by atoms with Crippen molar-refractivity contribution in [2.24, 2.45) is 0 Å². The number of aliphatic hydroxyl groups is 1.